The molecule has 0 amide bonds. The van der Waals surface area contributed by atoms with Crippen molar-refractivity contribution in [1.82, 2.24) is 19.7 Å². The van der Waals surface area contributed by atoms with Crippen molar-refractivity contribution in [1.29, 1.82) is 0 Å². The van der Waals surface area contributed by atoms with Crippen LogP contribution in [0.4, 0.5) is 4.39 Å². The summed E-state index contributed by atoms with van der Waals surface area (Å²) in [5.74, 6) is 0.0844. The van der Waals surface area contributed by atoms with Gasteiger partial charge in [-0.3, -0.25) is 0 Å². The first-order valence-electron chi connectivity index (χ1n) is 9.28. The van der Waals surface area contributed by atoms with Crippen LogP contribution in [0.2, 0.25) is 0 Å². The Balaban J connectivity index is 1.77. The average Bonchev–Trinajstić information content (AvgIpc) is 3.25. The van der Waals surface area contributed by atoms with Gasteiger partial charge in [0.15, 0.2) is 0 Å². The minimum atomic E-state index is -0.547. The van der Waals surface area contributed by atoms with Gasteiger partial charge in [0.25, 0.3) is 0 Å². The van der Waals surface area contributed by atoms with E-state index in [4.69, 9.17) is 14.8 Å². The molecular weight excluding hydrogens is 367 g/mol. The first-order chi connectivity index (χ1) is 14.0. The fourth-order valence-corrected chi connectivity index (χ4v) is 3.14. The van der Waals surface area contributed by atoms with E-state index in [2.05, 4.69) is 18.8 Å². The van der Waals surface area contributed by atoms with Crippen molar-refractivity contribution >= 4 is 0 Å². The molecule has 0 radical (unpaired) electrons. The van der Waals surface area contributed by atoms with Crippen LogP contribution in [0.5, 0.6) is 5.75 Å². The van der Waals surface area contributed by atoms with E-state index in [9.17, 15) is 4.39 Å². The number of ether oxygens (including phenoxy) is 1. The van der Waals surface area contributed by atoms with Gasteiger partial charge in [-0.2, -0.15) is 9.49 Å². The molecule has 3 heterocycles. The first-order valence-corrected chi connectivity index (χ1v) is 9.28. The monoisotopic (exact) mass is 388 g/mol. The quantitative estimate of drug-likeness (QED) is 0.461. The normalized spacial score (nSPS) is 11.4. The van der Waals surface area contributed by atoms with Crippen LogP contribution in [0.15, 0.2) is 72.9 Å². The lowest BCUT2D eigenvalue weighted by Crippen LogP contribution is -2.22. The predicted octanol–water partition coefficient (Wildman–Crippen LogP) is 4.80. The Bertz CT molecular complexity index is 1140. The summed E-state index contributed by atoms with van der Waals surface area (Å²) in [5.41, 5.74) is 3.11. The highest BCUT2D eigenvalue weighted by atomic mass is 19.1. The number of aromatic nitrogens is 4. The van der Waals surface area contributed by atoms with Crippen LogP contribution in [0.1, 0.15) is 25.2 Å². The van der Waals surface area contributed by atoms with Crippen LogP contribution in [0, 0.1) is 5.95 Å². The summed E-state index contributed by atoms with van der Waals surface area (Å²) in [7, 11) is 1.60. The molecule has 0 bridgehead atoms. The van der Waals surface area contributed by atoms with Crippen LogP contribution in [0.3, 0.4) is 0 Å². The molecule has 0 fully saturated rings. The number of methoxy groups -OCH3 is 1. The Morgan fingerprint density at radius 1 is 0.862 bits per heavy atom. The maximum Gasteiger partial charge on any atom is 0.213 e. The summed E-state index contributed by atoms with van der Waals surface area (Å²) in [6, 6.07) is 20.2. The van der Waals surface area contributed by atoms with Crippen LogP contribution < -0.4 is 4.74 Å². The highest BCUT2D eigenvalue weighted by Crippen LogP contribution is 2.33. The topological polar surface area (TPSA) is 52.8 Å². The SMILES string of the molecule is COc1cc(-c2cccc(F)n2)nc(C(C)(C)c2ccn(-c3ccccc3)n2)c1. The van der Waals surface area contributed by atoms with Crippen LogP contribution in [-0.4, -0.2) is 26.9 Å². The Morgan fingerprint density at radius 3 is 2.38 bits per heavy atom. The van der Waals surface area contributed by atoms with E-state index in [0.717, 1.165) is 17.1 Å². The van der Waals surface area contributed by atoms with Crippen LogP contribution in [-0.2, 0) is 5.41 Å². The van der Waals surface area contributed by atoms with E-state index >= 15 is 0 Å². The van der Waals surface area contributed by atoms with E-state index in [1.165, 1.54) is 6.07 Å². The van der Waals surface area contributed by atoms with E-state index in [1.807, 2.05) is 53.3 Å². The zero-order valence-electron chi connectivity index (χ0n) is 16.5. The zero-order valence-corrected chi connectivity index (χ0v) is 16.5. The molecule has 3 aromatic heterocycles. The van der Waals surface area contributed by atoms with Crippen molar-refractivity contribution in [3.05, 3.63) is 90.3 Å². The number of hydrogen-bond donors (Lipinski definition) is 0. The molecule has 4 rings (SSSR count). The van der Waals surface area contributed by atoms with Crippen molar-refractivity contribution < 1.29 is 9.13 Å². The Kier molecular flexibility index (Phi) is 4.84. The van der Waals surface area contributed by atoms with Gasteiger partial charge in [0.1, 0.15) is 5.75 Å². The summed E-state index contributed by atoms with van der Waals surface area (Å²) in [6.07, 6.45) is 1.93. The Labute approximate surface area is 168 Å². The van der Waals surface area contributed by atoms with E-state index in [-0.39, 0.29) is 0 Å². The fraction of sp³-hybridized carbons (Fsp3) is 0.174. The van der Waals surface area contributed by atoms with Crippen LogP contribution in [0.25, 0.3) is 17.1 Å². The summed E-state index contributed by atoms with van der Waals surface area (Å²) < 4.78 is 20.9. The Morgan fingerprint density at radius 2 is 1.66 bits per heavy atom. The average molecular weight is 388 g/mol. The standard InChI is InChI=1S/C23H21FN4O/c1-23(2,20-12-13-28(27-20)16-8-5-4-6-9-16)21-15-17(29-3)14-19(25-21)18-10-7-11-22(24)26-18/h4-15H,1-3H3. The maximum absolute atomic E-state index is 13.6. The highest BCUT2D eigenvalue weighted by molar-refractivity contribution is 5.57. The summed E-state index contributed by atoms with van der Waals surface area (Å²) in [6.45, 7) is 4.10. The van der Waals surface area contributed by atoms with Gasteiger partial charge in [0.05, 0.1) is 41.0 Å². The lowest BCUT2D eigenvalue weighted by Gasteiger charge is -2.23. The lowest BCUT2D eigenvalue weighted by molar-refractivity contribution is 0.412. The van der Waals surface area contributed by atoms with Gasteiger partial charge < -0.3 is 4.74 Å². The molecule has 5 nitrogen and oxygen atoms in total. The second-order valence-electron chi connectivity index (χ2n) is 7.23. The molecule has 0 unspecified atom stereocenters. The molecule has 0 N–H and O–H groups in total. The molecule has 6 heteroatoms. The number of rotatable bonds is 5. The number of benzene rings is 1. The molecule has 29 heavy (non-hydrogen) atoms. The predicted molar refractivity (Wildman–Crippen MR) is 110 cm³/mol. The van der Waals surface area contributed by atoms with Crippen molar-refractivity contribution in [3.8, 4) is 22.8 Å². The lowest BCUT2D eigenvalue weighted by atomic mass is 9.85. The number of nitrogens with zero attached hydrogens (tertiary/aromatic N) is 4. The Hall–Kier alpha value is -3.54. The number of hydrogen-bond acceptors (Lipinski definition) is 4. The highest BCUT2D eigenvalue weighted by Gasteiger charge is 2.29. The summed E-state index contributed by atoms with van der Waals surface area (Å²) in [4.78, 5) is 8.72. The van der Waals surface area contributed by atoms with E-state index in [0.29, 0.717) is 17.1 Å². The van der Waals surface area contributed by atoms with Crippen LogP contribution >= 0.6 is 0 Å². The van der Waals surface area contributed by atoms with Gasteiger partial charge >= 0.3 is 0 Å². The molecule has 0 saturated heterocycles. The van der Waals surface area contributed by atoms with Gasteiger partial charge in [-0.1, -0.05) is 24.3 Å². The largest absolute Gasteiger partial charge is 0.497 e. The molecular formula is C23H21FN4O. The molecule has 1 aromatic carbocycles. The maximum atomic E-state index is 13.6. The third kappa shape index (κ3) is 3.74. The third-order valence-corrected chi connectivity index (χ3v) is 4.90. The third-order valence-electron chi connectivity index (χ3n) is 4.90. The van der Waals surface area contributed by atoms with Crippen molar-refractivity contribution in [2.75, 3.05) is 7.11 Å². The summed E-state index contributed by atoms with van der Waals surface area (Å²) in [5, 5.41) is 4.76. The minimum Gasteiger partial charge on any atom is -0.497 e. The first kappa shape index (κ1) is 18.8. The molecule has 146 valence electrons. The van der Waals surface area contributed by atoms with Gasteiger partial charge in [-0.05, 0) is 44.2 Å². The van der Waals surface area contributed by atoms with Crippen molar-refractivity contribution in [3.63, 3.8) is 0 Å². The number of pyridine rings is 2. The molecule has 0 aliphatic carbocycles. The fourth-order valence-electron chi connectivity index (χ4n) is 3.14. The van der Waals surface area contributed by atoms with Gasteiger partial charge in [-0.25, -0.2) is 14.6 Å². The smallest absolute Gasteiger partial charge is 0.213 e. The molecule has 0 spiro atoms. The second kappa shape index (κ2) is 7.47. The number of para-hydroxylation sites is 1. The molecule has 0 saturated carbocycles. The summed E-state index contributed by atoms with van der Waals surface area (Å²) >= 11 is 0. The second-order valence-corrected chi connectivity index (χ2v) is 7.23. The molecule has 0 aliphatic rings. The molecule has 0 aliphatic heterocycles. The van der Waals surface area contributed by atoms with E-state index in [1.54, 1.807) is 25.3 Å². The number of halogens is 1. The van der Waals surface area contributed by atoms with Crippen molar-refractivity contribution in [2.24, 2.45) is 0 Å². The zero-order chi connectivity index (χ0) is 20.4. The molecule has 0 atom stereocenters. The molecule has 4 aromatic rings. The van der Waals surface area contributed by atoms with Gasteiger partial charge in [0, 0.05) is 18.3 Å². The van der Waals surface area contributed by atoms with Gasteiger partial charge in [-0.15, -0.1) is 0 Å². The van der Waals surface area contributed by atoms with Gasteiger partial charge in [0.2, 0.25) is 5.95 Å². The van der Waals surface area contributed by atoms with E-state index < -0.39 is 11.4 Å². The minimum absolute atomic E-state index is 0.454. The van der Waals surface area contributed by atoms with Crippen molar-refractivity contribution in [2.45, 2.75) is 19.3 Å².